The van der Waals surface area contributed by atoms with E-state index in [1.165, 1.54) is 19.3 Å². The molecule has 0 radical (unpaired) electrons. The minimum atomic E-state index is 0.396. The van der Waals surface area contributed by atoms with E-state index in [0.29, 0.717) is 18.1 Å². The van der Waals surface area contributed by atoms with Crippen molar-refractivity contribution in [1.29, 1.82) is 0 Å². The van der Waals surface area contributed by atoms with E-state index in [-0.39, 0.29) is 0 Å². The number of hydrogen-bond donors (Lipinski definition) is 1. The molecule has 0 aromatic heterocycles. The van der Waals surface area contributed by atoms with Crippen LogP contribution < -0.4 is 5.73 Å². The predicted molar refractivity (Wildman–Crippen MR) is 60.2 cm³/mol. The summed E-state index contributed by atoms with van der Waals surface area (Å²) in [6.07, 6.45) is 5.76. The molecule has 3 unspecified atom stereocenters. The van der Waals surface area contributed by atoms with E-state index in [4.69, 9.17) is 10.5 Å². The molecule has 0 amide bonds. The zero-order valence-electron chi connectivity index (χ0n) is 9.83. The highest BCUT2D eigenvalue weighted by Crippen LogP contribution is 2.29. The van der Waals surface area contributed by atoms with Crippen molar-refractivity contribution in [1.82, 2.24) is 0 Å². The van der Waals surface area contributed by atoms with Crippen molar-refractivity contribution < 1.29 is 4.74 Å². The van der Waals surface area contributed by atoms with Crippen LogP contribution in [-0.4, -0.2) is 18.8 Å². The van der Waals surface area contributed by atoms with Crippen LogP contribution in [0.1, 0.15) is 46.5 Å². The minimum absolute atomic E-state index is 0.396. The Balaban J connectivity index is 2.28. The van der Waals surface area contributed by atoms with Gasteiger partial charge in [0.25, 0.3) is 0 Å². The van der Waals surface area contributed by atoms with E-state index in [2.05, 4.69) is 20.8 Å². The molecule has 2 nitrogen and oxygen atoms in total. The van der Waals surface area contributed by atoms with Crippen LogP contribution in [0.4, 0.5) is 0 Å². The molecule has 1 aliphatic carbocycles. The third kappa shape index (κ3) is 3.58. The Morgan fingerprint density at radius 3 is 2.57 bits per heavy atom. The van der Waals surface area contributed by atoms with Crippen molar-refractivity contribution in [3.05, 3.63) is 0 Å². The van der Waals surface area contributed by atoms with Gasteiger partial charge in [-0.25, -0.2) is 0 Å². The highest BCUT2D eigenvalue weighted by Gasteiger charge is 2.28. The third-order valence-electron chi connectivity index (χ3n) is 3.10. The van der Waals surface area contributed by atoms with Crippen LogP contribution in [0.25, 0.3) is 0 Å². The summed E-state index contributed by atoms with van der Waals surface area (Å²) in [6, 6.07) is 0. The van der Waals surface area contributed by atoms with E-state index in [0.717, 1.165) is 18.9 Å². The lowest BCUT2D eigenvalue weighted by Gasteiger charge is -2.24. The van der Waals surface area contributed by atoms with Crippen LogP contribution in [0.2, 0.25) is 0 Å². The largest absolute Gasteiger partial charge is 0.375 e. The molecule has 0 bridgehead atoms. The van der Waals surface area contributed by atoms with Gasteiger partial charge in [-0.15, -0.1) is 0 Å². The summed E-state index contributed by atoms with van der Waals surface area (Å²) in [4.78, 5) is 0. The number of ether oxygens (including phenoxy) is 1. The van der Waals surface area contributed by atoms with E-state index in [1.807, 2.05) is 0 Å². The Morgan fingerprint density at radius 1 is 1.29 bits per heavy atom. The molecular weight excluding hydrogens is 174 g/mol. The van der Waals surface area contributed by atoms with Crippen molar-refractivity contribution >= 4 is 0 Å². The van der Waals surface area contributed by atoms with Gasteiger partial charge >= 0.3 is 0 Å². The summed E-state index contributed by atoms with van der Waals surface area (Å²) in [5.74, 6) is 1.34. The first-order valence-corrected chi connectivity index (χ1v) is 5.99. The second-order valence-electron chi connectivity index (χ2n) is 5.04. The lowest BCUT2D eigenvalue weighted by Crippen LogP contribution is -2.29. The summed E-state index contributed by atoms with van der Waals surface area (Å²) < 4.78 is 6.05. The van der Waals surface area contributed by atoms with Gasteiger partial charge in [0, 0.05) is 0 Å². The predicted octanol–water partition coefficient (Wildman–Crippen LogP) is 2.57. The molecule has 0 aliphatic heterocycles. The Kier molecular flexibility index (Phi) is 4.90. The second kappa shape index (κ2) is 5.72. The van der Waals surface area contributed by atoms with Crippen molar-refractivity contribution in [2.24, 2.45) is 17.6 Å². The van der Waals surface area contributed by atoms with Gasteiger partial charge in [-0.05, 0) is 44.6 Å². The standard InChI is InChI=1S/C12H25NO/c1-9(2)7-10(3)14-12-6-4-5-11(12)8-13/h9-12H,4-8,13H2,1-3H3. The van der Waals surface area contributed by atoms with E-state index < -0.39 is 0 Å². The van der Waals surface area contributed by atoms with Crippen LogP contribution in [0.3, 0.4) is 0 Å². The number of hydrogen-bond acceptors (Lipinski definition) is 2. The molecule has 0 saturated heterocycles. The molecule has 0 aromatic carbocycles. The van der Waals surface area contributed by atoms with Crippen LogP contribution in [-0.2, 0) is 4.74 Å². The molecule has 84 valence electrons. The molecule has 1 aliphatic rings. The zero-order valence-corrected chi connectivity index (χ0v) is 9.83. The average Bonchev–Trinajstić information content (AvgIpc) is 2.50. The van der Waals surface area contributed by atoms with Gasteiger partial charge < -0.3 is 10.5 Å². The van der Waals surface area contributed by atoms with Gasteiger partial charge in [0.05, 0.1) is 12.2 Å². The molecule has 0 spiro atoms. The van der Waals surface area contributed by atoms with Gasteiger partial charge in [-0.3, -0.25) is 0 Å². The summed E-state index contributed by atoms with van der Waals surface area (Å²) in [5.41, 5.74) is 5.72. The topological polar surface area (TPSA) is 35.2 Å². The summed E-state index contributed by atoms with van der Waals surface area (Å²) >= 11 is 0. The molecule has 2 N–H and O–H groups in total. The lowest BCUT2D eigenvalue weighted by atomic mass is 10.0. The van der Waals surface area contributed by atoms with E-state index in [1.54, 1.807) is 0 Å². The van der Waals surface area contributed by atoms with Gasteiger partial charge in [0.1, 0.15) is 0 Å². The maximum absolute atomic E-state index is 6.05. The van der Waals surface area contributed by atoms with Crippen LogP contribution in [0, 0.1) is 11.8 Å². The lowest BCUT2D eigenvalue weighted by molar-refractivity contribution is -0.0286. The first kappa shape index (κ1) is 12.0. The molecule has 14 heavy (non-hydrogen) atoms. The Morgan fingerprint density at radius 2 is 2.00 bits per heavy atom. The molecule has 1 rings (SSSR count). The van der Waals surface area contributed by atoms with Gasteiger partial charge in [0.15, 0.2) is 0 Å². The third-order valence-corrected chi connectivity index (χ3v) is 3.10. The van der Waals surface area contributed by atoms with Crippen LogP contribution >= 0.6 is 0 Å². The van der Waals surface area contributed by atoms with Crippen molar-refractivity contribution in [2.45, 2.75) is 58.7 Å². The quantitative estimate of drug-likeness (QED) is 0.738. The van der Waals surface area contributed by atoms with Gasteiger partial charge in [0.2, 0.25) is 0 Å². The fraction of sp³-hybridized carbons (Fsp3) is 1.00. The van der Waals surface area contributed by atoms with Crippen molar-refractivity contribution in [3.8, 4) is 0 Å². The first-order valence-electron chi connectivity index (χ1n) is 5.99. The maximum atomic E-state index is 6.05. The summed E-state index contributed by atoms with van der Waals surface area (Å²) in [5, 5.41) is 0. The normalized spacial score (nSPS) is 29.8. The van der Waals surface area contributed by atoms with Gasteiger partial charge in [-0.2, -0.15) is 0 Å². The monoisotopic (exact) mass is 199 g/mol. The molecular formula is C12H25NO. The minimum Gasteiger partial charge on any atom is -0.375 e. The van der Waals surface area contributed by atoms with Crippen molar-refractivity contribution in [3.63, 3.8) is 0 Å². The zero-order chi connectivity index (χ0) is 10.6. The Bertz CT molecular complexity index is 158. The SMILES string of the molecule is CC(C)CC(C)OC1CCCC1CN. The Hall–Kier alpha value is -0.0800. The fourth-order valence-electron chi connectivity index (χ4n) is 2.47. The summed E-state index contributed by atoms with van der Waals surface area (Å²) in [7, 11) is 0. The first-order chi connectivity index (χ1) is 6.63. The van der Waals surface area contributed by atoms with Crippen LogP contribution in [0.5, 0.6) is 0 Å². The molecule has 2 heteroatoms. The number of rotatable bonds is 5. The van der Waals surface area contributed by atoms with Gasteiger partial charge in [-0.1, -0.05) is 20.3 Å². The maximum Gasteiger partial charge on any atom is 0.0618 e. The highest BCUT2D eigenvalue weighted by molar-refractivity contribution is 4.79. The Labute approximate surface area is 88.2 Å². The molecule has 1 fully saturated rings. The highest BCUT2D eigenvalue weighted by atomic mass is 16.5. The van der Waals surface area contributed by atoms with Crippen molar-refractivity contribution in [2.75, 3.05) is 6.54 Å². The van der Waals surface area contributed by atoms with E-state index >= 15 is 0 Å². The smallest absolute Gasteiger partial charge is 0.0618 e. The molecule has 1 saturated carbocycles. The van der Waals surface area contributed by atoms with E-state index in [9.17, 15) is 0 Å². The molecule has 0 heterocycles. The van der Waals surface area contributed by atoms with Crippen LogP contribution in [0.15, 0.2) is 0 Å². The second-order valence-corrected chi connectivity index (χ2v) is 5.04. The average molecular weight is 199 g/mol. The number of nitrogens with two attached hydrogens (primary N) is 1. The fourth-order valence-corrected chi connectivity index (χ4v) is 2.47. The molecule has 3 atom stereocenters. The summed E-state index contributed by atoms with van der Waals surface area (Å²) in [6.45, 7) is 7.47. The molecule has 0 aromatic rings.